The molecule has 0 rings (SSSR count). The summed E-state index contributed by atoms with van der Waals surface area (Å²) in [6.07, 6.45) is -0.0999. The molecular weight excluding hydrogens is 599 g/mol. The Labute approximate surface area is 179 Å². The van der Waals surface area contributed by atoms with E-state index in [2.05, 4.69) is 5.32 Å². The van der Waals surface area contributed by atoms with Crippen molar-refractivity contribution >= 4 is 28.0 Å². The number of hydrogen-bond acceptors (Lipinski definition) is 7. The number of aliphatic hydroxyl groups excluding tert-OH is 1. The predicted molar refractivity (Wildman–Crippen MR) is 90.6 cm³/mol. The van der Waals surface area contributed by atoms with E-state index in [-0.39, 0.29) is 6.10 Å². The van der Waals surface area contributed by atoms with Crippen molar-refractivity contribution in [3.05, 3.63) is 0 Å². The van der Waals surface area contributed by atoms with Crippen LogP contribution in [0.4, 0.5) is 0 Å². The van der Waals surface area contributed by atoms with E-state index >= 15 is 0 Å². The van der Waals surface area contributed by atoms with E-state index in [0.717, 1.165) is 8.10 Å². The van der Waals surface area contributed by atoms with Gasteiger partial charge in [0.2, 0.25) is 0 Å². The summed E-state index contributed by atoms with van der Waals surface area (Å²) in [5.41, 5.74) is 0. The zero-order valence-corrected chi connectivity index (χ0v) is 20.6. The van der Waals surface area contributed by atoms with Gasteiger partial charge in [0.05, 0.1) is 0 Å². The van der Waals surface area contributed by atoms with Crippen molar-refractivity contribution in [1.29, 1.82) is 0 Å². The monoisotopic (exact) mass is 625 g/mol. The molecule has 0 aliphatic carbocycles. The van der Waals surface area contributed by atoms with Gasteiger partial charge in [-0.2, -0.15) is 0 Å². The molecule has 155 valence electrons. The number of nitrogens with zero attached hydrogens (tertiary/aromatic N) is 1. The second kappa shape index (κ2) is 13.8. The summed E-state index contributed by atoms with van der Waals surface area (Å²) in [4.78, 5) is 35.1. The van der Waals surface area contributed by atoms with E-state index in [1.54, 1.807) is 0 Å². The first-order valence-electron chi connectivity index (χ1n) is 8.36. The van der Waals surface area contributed by atoms with Crippen LogP contribution in [0.2, 0.25) is 3.20 Å². The standard InChI is InChI=1S/C10H17N2O8S.C4H9O.Ac/c1-2-11-10(17)7(3-4-21(18,19)20)12(5-8(13)14)6-9(15)16;1-3-4(2)5;/h7H,1-6H2,(H,11,17)(H,13,14)(H,15,16)(H,18,19,20);4-5H,2-3H2,1H3;. The molecule has 0 saturated carbocycles. The maximum absolute atomic E-state index is 12.4. The molecule has 0 aromatic rings. The Bertz CT molecular complexity index is 583. The maximum atomic E-state index is 12.4. The summed E-state index contributed by atoms with van der Waals surface area (Å²) < 4.78 is 32.4. The Hall–Kier alpha value is -0.318. The number of nitrogens with one attached hydrogen (secondary N) is 1. The van der Waals surface area contributed by atoms with Gasteiger partial charge in [-0.1, -0.05) is 0 Å². The summed E-state index contributed by atoms with van der Waals surface area (Å²) in [6.45, 7) is 0.641. The number of amides is 1. The number of carbonyl (C=O) groups is 3. The van der Waals surface area contributed by atoms with Crippen LogP contribution in [0, 0.1) is 39.7 Å². The van der Waals surface area contributed by atoms with Gasteiger partial charge >= 0.3 is 181 Å². The van der Waals surface area contributed by atoms with Crippen molar-refractivity contribution in [2.24, 2.45) is 0 Å². The Morgan fingerprint density at radius 3 is 2.15 bits per heavy atom. The molecule has 0 fully saturated rings. The van der Waals surface area contributed by atoms with Gasteiger partial charge in [-0.15, -0.1) is 0 Å². The quantitative estimate of drug-likeness (QED) is 0.111. The summed E-state index contributed by atoms with van der Waals surface area (Å²) in [6, 6.07) is -1.32. The first kappa shape index (κ1) is 26.7. The SMILES string of the molecule is CCC(O)[CH2][Ac][CH2]CNC(=O)C(CCS(=O)(=O)O)N(CC(=O)O)CC(=O)O. The Balaban J connectivity index is 4.95. The minimum absolute atomic E-state index is 0.298. The zero-order valence-electron chi connectivity index (χ0n) is 15.1. The van der Waals surface area contributed by atoms with Crippen LogP contribution < -0.4 is 5.32 Å². The van der Waals surface area contributed by atoms with E-state index in [4.69, 9.17) is 14.8 Å². The van der Waals surface area contributed by atoms with E-state index in [0.29, 0.717) is 13.0 Å². The average Bonchev–Trinajstić information content (AvgIpc) is 2.52. The molecule has 11 nitrogen and oxygen atoms in total. The average molecular weight is 625 g/mol. The fourth-order valence-corrected chi connectivity index (χ4v) is 8.13. The van der Waals surface area contributed by atoms with Crippen LogP contribution in [-0.4, -0.2) is 88.6 Å². The van der Waals surface area contributed by atoms with Crippen molar-refractivity contribution in [2.45, 2.75) is 35.1 Å². The van der Waals surface area contributed by atoms with E-state index < -0.39 is 99.0 Å². The molecule has 2 atom stereocenters. The predicted octanol–water partition coefficient (Wildman–Crippen LogP) is -1.09. The number of hydrogen-bond donors (Lipinski definition) is 5. The van der Waals surface area contributed by atoms with Crippen molar-refractivity contribution in [3.63, 3.8) is 0 Å². The summed E-state index contributed by atoms with van der Waals surface area (Å²) >= 11 is -1.33. The third kappa shape index (κ3) is 14.3. The molecule has 0 aliphatic heterocycles. The summed E-state index contributed by atoms with van der Waals surface area (Å²) in [5.74, 6) is -4.23. The molecule has 0 spiro atoms. The third-order valence-electron chi connectivity index (χ3n) is 3.63. The number of aliphatic carboxylic acids is 2. The fourth-order valence-electron chi connectivity index (χ4n) is 2.26. The topological polar surface area (TPSA) is 182 Å². The molecule has 0 aliphatic rings. The molecule has 0 aromatic carbocycles. The van der Waals surface area contributed by atoms with Crippen LogP contribution in [0.3, 0.4) is 0 Å². The number of carboxylic acids is 2. The van der Waals surface area contributed by atoms with Crippen molar-refractivity contribution in [3.8, 4) is 0 Å². The number of rotatable bonds is 15. The van der Waals surface area contributed by atoms with Gasteiger partial charge in [0, 0.05) is 0 Å². The van der Waals surface area contributed by atoms with E-state index in [1.165, 1.54) is 0 Å². The van der Waals surface area contributed by atoms with Crippen LogP contribution in [0.25, 0.3) is 0 Å². The molecule has 0 aromatic heterocycles. The Morgan fingerprint density at radius 2 is 1.70 bits per heavy atom. The number of carbonyl (C=O) groups excluding carboxylic acids is 1. The van der Waals surface area contributed by atoms with Crippen molar-refractivity contribution < 1.29 is 82.4 Å². The van der Waals surface area contributed by atoms with Crippen LogP contribution in [0.5, 0.6) is 0 Å². The van der Waals surface area contributed by atoms with Gasteiger partial charge in [0.1, 0.15) is 0 Å². The normalized spacial score (nSPS) is 13.6. The third-order valence-corrected chi connectivity index (χ3v) is 10.8. The Morgan fingerprint density at radius 1 is 1.15 bits per heavy atom. The van der Waals surface area contributed by atoms with E-state index in [1.807, 2.05) is 6.92 Å². The molecule has 5 N–H and O–H groups in total. The fraction of sp³-hybridized carbons (Fsp3) is 0.786. The molecule has 0 heterocycles. The molecule has 27 heavy (non-hydrogen) atoms. The van der Waals surface area contributed by atoms with Gasteiger partial charge in [0.15, 0.2) is 0 Å². The molecule has 2 unspecified atom stereocenters. The first-order chi connectivity index (χ1) is 12.5. The van der Waals surface area contributed by atoms with Crippen molar-refractivity contribution in [1.82, 2.24) is 10.2 Å². The second-order valence-electron chi connectivity index (χ2n) is 5.95. The second-order valence-corrected chi connectivity index (χ2v) is 14.2. The zero-order chi connectivity index (χ0) is 21.0. The summed E-state index contributed by atoms with van der Waals surface area (Å²) in [5, 5.41) is 29.9. The van der Waals surface area contributed by atoms with Crippen LogP contribution in [0.1, 0.15) is 19.8 Å². The molecule has 0 bridgehead atoms. The molecule has 13 heteroatoms. The van der Waals surface area contributed by atoms with Crippen LogP contribution in [-0.2, 0) is 24.5 Å². The van der Waals surface area contributed by atoms with Gasteiger partial charge < -0.3 is 0 Å². The number of aliphatic hydroxyl groups is 1. The molecule has 0 saturated heterocycles. The van der Waals surface area contributed by atoms with Crippen LogP contribution in [0.15, 0.2) is 0 Å². The number of carboxylic acid groups (broad SMARTS) is 2. The van der Waals surface area contributed by atoms with Gasteiger partial charge in [-0.05, 0) is 0 Å². The summed E-state index contributed by atoms with van der Waals surface area (Å²) in [7, 11) is -4.40. The van der Waals surface area contributed by atoms with Gasteiger partial charge in [0.25, 0.3) is 0 Å². The molecule has 0 radical (unpaired) electrons. The van der Waals surface area contributed by atoms with Gasteiger partial charge in [-0.25, -0.2) is 0 Å². The van der Waals surface area contributed by atoms with Crippen LogP contribution >= 0.6 is 0 Å². The minimum atomic E-state index is -4.40. The van der Waals surface area contributed by atoms with Gasteiger partial charge in [-0.3, -0.25) is 0 Å². The molecular formula is C14H26AcN2O9S. The van der Waals surface area contributed by atoms with Crippen molar-refractivity contribution in [2.75, 3.05) is 25.4 Å². The first-order valence-corrected chi connectivity index (χ1v) is 16.7. The Kier molecular flexibility index (Phi) is 13.6. The molecule has 1 amide bonds. The van der Waals surface area contributed by atoms with E-state index in [9.17, 15) is 27.9 Å².